The van der Waals surface area contributed by atoms with Gasteiger partial charge >= 0.3 is 0 Å². The highest BCUT2D eigenvalue weighted by Gasteiger charge is 2.10. The lowest BCUT2D eigenvalue weighted by atomic mass is 10.3. The molecule has 0 atom stereocenters. The van der Waals surface area contributed by atoms with Gasteiger partial charge in [-0.15, -0.1) is 22.9 Å². The molecule has 0 aliphatic rings. The number of hydrogen-bond donors (Lipinski definition) is 1. The molecule has 0 saturated carbocycles. The molecule has 3 nitrogen and oxygen atoms in total. The van der Waals surface area contributed by atoms with Crippen molar-refractivity contribution in [3.05, 3.63) is 43.8 Å². The number of halogens is 3. The molecule has 19 heavy (non-hydrogen) atoms. The minimum atomic E-state index is -0.157. The van der Waals surface area contributed by atoms with E-state index in [0.717, 1.165) is 15.2 Å². The average molecular weight is 380 g/mol. The summed E-state index contributed by atoms with van der Waals surface area (Å²) in [6.45, 7) is 0. The second kappa shape index (κ2) is 6.70. The third-order valence-electron chi connectivity index (χ3n) is 2.25. The molecule has 0 unspecified atom stereocenters. The first-order valence-electron chi connectivity index (χ1n) is 5.32. The van der Waals surface area contributed by atoms with Gasteiger partial charge in [0.05, 0.1) is 28.7 Å². The molecule has 0 saturated heterocycles. The van der Waals surface area contributed by atoms with Crippen molar-refractivity contribution in [3.8, 4) is 0 Å². The Morgan fingerprint density at radius 3 is 2.95 bits per heavy atom. The molecular weight excluding hydrogens is 371 g/mol. The Bertz CT molecular complexity index is 603. The molecule has 0 bridgehead atoms. The average Bonchev–Trinajstić information content (AvgIpc) is 2.81. The lowest BCUT2D eigenvalue weighted by Crippen LogP contribution is -2.14. The first-order chi connectivity index (χ1) is 9.08. The van der Waals surface area contributed by atoms with E-state index in [1.54, 1.807) is 12.1 Å². The van der Waals surface area contributed by atoms with Crippen molar-refractivity contribution >= 4 is 62.1 Å². The second-order valence-corrected chi connectivity index (χ2v) is 6.25. The SMILES string of the molecule is O=C(Cc1nc(CCl)cs1)Nc1cc(Br)ccc1Cl. The Morgan fingerprint density at radius 1 is 1.47 bits per heavy atom. The van der Waals surface area contributed by atoms with Gasteiger partial charge in [0, 0.05) is 9.85 Å². The van der Waals surface area contributed by atoms with Crippen molar-refractivity contribution < 1.29 is 4.79 Å². The van der Waals surface area contributed by atoms with Crippen LogP contribution in [-0.2, 0) is 17.1 Å². The van der Waals surface area contributed by atoms with Gasteiger partial charge in [0.25, 0.3) is 0 Å². The van der Waals surface area contributed by atoms with Crippen molar-refractivity contribution in [1.82, 2.24) is 4.98 Å². The van der Waals surface area contributed by atoms with E-state index >= 15 is 0 Å². The summed E-state index contributed by atoms with van der Waals surface area (Å²) in [4.78, 5) is 16.1. The zero-order valence-corrected chi connectivity index (χ0v) is 13.5. The Balaban J connectivity index is 2.03. The van der Waals surface area contributed by atoms with Crippen LogP contribution in [0, 0.1) is 0 Å². The van der Waals surface area contributed by atoms with Crippen molar-refractivity contribution in [2.24, 2.45) is 0 Å². The number of nitrogens with one attached hydrogen (secondary N) is 1. The van der Waals surface area contributed by atoms with Gasteiger partial charge in [-0.25, -0.2) is 4.98 Å². The number of thiazole rings is 1. The van der Waals surface area contributed by atoms with E-state index in [9.17, 15) is 4.79 Å². The Morgan fingerprint density at radius 2 is 2.26 bits per heavy atom. The van der Waals surface area contributed by atoms with E-state index in [4.69, 9.17) is 23.2 Å². The van der Waals surface area contributed by atoms with Crippen LogP contribution in [0.25, 0.3) is 0 Å². The Labute approximate surface area is 133 Å². The molecule has 0 radical (unpaired) electrons. The van der Waals surface area contributed by atoms with E-state index in [1.165, 1.54) is 11.3 Å². The number of hydrogen-bond acceptors (Lipinski definition) is 3. The summed E-state index contributed by atoms with van der Waals surface area (Å²) in [7, 11) is 0. The maximum Gasteiger partial charge on any atom is 0.231 e. The fraction of sp³-hybridized carbons (Fsp3) is 0.167. The molecule has 2 rings (SSSR count). The number of alkyl halides is 1. The number of amides is 1. The molecule has 1 heterocycles. The van der Waals surface area contributed by atoms with Crippen LogP contribution in [0.1, 0.15) is 10.7 Å². The largest absolute Gasteiger partial charge is 0.324 e. The van der Waals surface area contributed by atoms with E-state index in [-0.39, 0.29) is 12.3 Å². The molecule has 1 N–H and O–H groups in total. The highest BCUT2D eigenvalue weighted by Crippen LogP contribution is 2.26. The summed E-state index contributed by atoms with van der Waals surface area (Å²) in [6, 6.07) is 5.29. The molecule has 100 valence electrons. The lowest BCUT2D eigenvalue weighted by molar-refractivity contribution is -0.115. The van der Waals surface area contributed by atoms with Crippen LogP contribution in [0.4, 0.5) is 5.69 Å². The fourth-order valence-corrected chi connectivity index (χ4v) is 2.96. The zero-order chi connectivity index (χ0) is 13.8. The van der Waals surface area contributed by atoms with Gasteiger partial charge in [0.2, 0.25) is 5.91 Å². The van der Waals surface area contributed by atoms with Gasteiger partial charge in [-0.2, -0.15) is 0 Å². The maximum atomic E-state index is 11.9. The molecule has 2 aromatic rings. The molecule has 0 aliphatic carbocycles. The second-order valence-electron chi connectivity index (χ2n) is 3.72. The first kappa shape index (κ1) is 14.8. The van der Waals surface area contributed by atoms with Gasteiger partial charge < -0.3 is 5.32 Å². The number of rotatable bonds is 4. The summed E-state index contributed by atoms with van der Waals surface area (Å²) >= 11 is 16.4. The van der Waals surface area contributed by atoms with Gasteiger partial charge in [0.15, 0.2) is 0 Å². The number of nitrogens with zero attached hydrogens (tertiary/aromatic N) is 1. The van der Waals surface area contributed by atoms with Crippen molar-refractivity contribution in [2.75, 3.05) is 5.32 Å². The molecule has 1 aromatic carbocycles. The Hall–Kier alpha value is -0.620. The maximum absolute atomic E-state index is 11.9. The summed E-state index contributed by atoms with van der Waals surface area (Å²) in [5.74, 6) is 0.200. The van der Waals surface area contributed by atoms with Gasteiger partial charge in [-0.1, -0.05) is 27.5 Å². The molecule has 0 aliphatic heterocycles. The Kier molecular flexibility index (Phi) is 5.21. The minimum Gasteiger partial charge on any atom is -0.324 e. The van der Waals surface area contributed by atoms with Crippen LogP contribution in [-0.4, -0.2) is 10.9 Å². The third-order valence-corrected chi connectivity index (χ3v) is 4.24. The van der Waals surface area contributed by atoms with E-state index in [0.29, 0.717) is 16.6 Å². The molecule has 1 amide bonds. The summed E-state index contributed by atoms with van der Waals surface area (Å²) < 4.78 is 0.853. The molecule has 7 heteroatoms. The van der Waals surface area contributed by atoms with Gasteiger partial charge in [-0.3, -0.25) is 4.79 Å². The van der Waals surface area contributed by atoms with Crippen LogP contribution < -0.4 is 5.32 Å². The number of benzene rings is 1. The zero-order valence-electron chi connectivity index (χ0n) is 9.62. The summed E-state index contributed by atoms with van der Waals surface area (Å²) in [5, 5.41) is 5.84. The molecule has 0 spiro atoms. The molecular formula is C12H9BrCl2N2OS. The van der Waals surface area contributed by atoms with Crippen LogP contribution in [0.2, 0.25) is 5.02 Å². The van der Waals surface area contributed by atoms with E-state index in [1.807, 2.05) is 11.4 Å². The highest BCUT2D eigenvalue weighted by atomic mass is 79.9. The smallest absolute Gasteiger partial charge is 0.231 e. The van der Waals surface area contributed by atoms with Gasteiger partial charge in [-0.05, 0) is 18.2 Å². The predicted molar refractivity (Wildman–Crippen MR) is 83.2 cm³/mol. The predicted octanol–water partition coefficient (Wildman–Crippen LogP) is 4.48. The summed E-state index contributed by atoms with van der Waals surface area (Å²) in [5.41, 5.74) is 1.37. The highest BCUT2D eigenvalue weighted by molar-refractivity contribution is 9.10. The minimum absolute atomic E-state index is 0.157. The van der Waals surface area contributed by atoms with Gasteiger partial charge in [0.1, 0.15) is 5.01 Å². The van der Waals surface area contributed by atoms with Crippen molar-refractivity contribution in [2.45, 2.75) is 12.3 Å². The lowest BCUT2D eigenvalue weighted by Gasteiger charge is -2.06. The van der Waals surface area contributed by atoms with Crippen molar-refractivity contribution in [1.29, 1.82) is 0 Å². The van der Waals surface area contributed by atoms with Crippen LogP contribution in [0.15, 0.2) is 28.1 Å². The monoisotopic (exact) mass is 378 g/mol. The number of carbonyl (C=O) groups is 1. The topological polar surface area (TPSA) is 42.0 Å². The summed E-state index contributed by atoms with van der Waals surface area (Å²) in [6.07, 6.45) is 0.213. The molecule has 1 aromatic heterocycles. The first-order valence-corrected chi connectivity index (χ1v) is 7.91. The van der Waals surface area contributed by atoms with Crippen molar-refractivity contribution in [3.63, 3.8) is 0 Å². The molecule has 0 fully saturated rings. The van der Waals surface area contributed by atoms with Crippen LogP contribution in [0.5, 0.6) is 0 Å². The normalized spacial score (nSPS) is 10.5. The third kappa shape index (κ3) is 4.18. The number of carbonyl (C=O) groups excluding carboxylic acids is 1. The van der Waals surface area contributed by atoms with E-state index < -0.39 is 0 Å². The van der Waals surface area contributed by atoms with Crippen LogP contribution >= 0.6 is 50.5 Å². The quantitative estimate of drug-likeness (QED) is 0.795. The number of anilines is 1. The van der Waals surface area contributed by atoms with Crippen LogP contribution in [0.3, 0.4) is 0 Å². The number of aromatic nitrogens is 1. The van der Waals surface area contributed by atoms with E-state index in [2.05, 4.69) is 26.2 Å². The fourth-order valence-electron chi connectivity index (χ4n) is 1.42. The standard InChI is InChI=1S/C12H9BrCl2N2OS/c13-7-1-2-9(15)10(3-7)17-11(18)4-12-16-8(5-14)6-19-12/h1-3,6H,4-5H2,(H,17,18).